The summed E-state index contributed by atoms with van der Waals surface area (Å²) in [6.45, 7) is 0. The first kappa shape index (κ1) is 14.7. The highest BCUT2D eigenvalue weighted by Gasteiger charge is 2.19. The summed E-state index contributed by atoms with van der Waals surface area (Å²) < 4.78 is 22.2. The molecule has 20 heavy (non-hydrogen) atoms. The van der Waals surface area contributed by atoms with E-state index in [2.05, 4.69) is 0 Å². The van der Waals surface area contributed by atoms with Crippen molar-refractivity contribution in [3.8, 4) is 0 Å². The Morgan fingerprint density at radius 2 is 1.55 bits per heavy atom. The maximum absolute atomic E-state index is 12.1. The molecular formula is C14H11ClO4S. The first-order chi connectivity index (χ1) is 9.39. The van der Waals surface area contributed by atoms with Crippen LogP contribution in [0, 0.1) is 0 Å². The molecule has 0 spiro atoms. The summed E-state index contributed by atoms with van der Waals surface area (Å²) in [5.74, 6) is -0.505. The highest BCUT2D eigenvalue weighted by atomic mass is 35.7. The van der Waals surface area contributed by atoms with Crippen molar-refractivity contribution in [2.75, 3.05) is 0 Å². The van der Waals surface area contributed by atoms with Gasteiger partial charge in [-0.3, -0.25) is 4.79 Å². The van der Waals surface area contributed by atoms with Crippen molar-refractivity contribution in [1.29, 1.82) is 0 Å². The average Bonchev–Trinajstić information content (AvgIpc) is 2.46. The van der Waals surface area contributed by atoms with Gasteiger partial charge in [0.1, 0.15) is 6.10 Å². The summed E-state index contributed by atoms with van der Waals surface area (Å²) in [4.78, 5) is 12.0. The third-order valence-electron chi connectivity index (χ3n) is 2.78. The number of hydrogen-bond acceptors (Lipinski definition) is 4. The lowest BCUT2D eigenvalue weighted by Crippen LogP contribution is -2.12. The van der Waals surface area contributed by atoms with E-state index < -0.39 is 20.9 Å². The Bertz CT molecular complexity index is 709. The van der Waals surface area contributed by atoms with Crippen LogP contribution in [0.5, 0.6) is 0 Å². The third kappa shape index (κ3) is 3.25. The van der Waals surface area contributed by atoms with E-state index in [9.17, 15) is 18.3 Å². The summed E-state index contributed by atoms with van der Waals surface area (Å²) in [5.41, 5.74) is 0.692. The van der Waals surface area contributed by atoms with Gasteiger partial charge in [0, 0.05) is 16.2 Å². The monoisotopic (exact) mass is 310 g/mol. The summed E-state index contributed by atoms with van der Waals surface area (Å²) in [6.07, 6.45) is -1.28. The molecule has 2 aromatic rings. The minimum atomic E-state index is -3.82. The Morgan fingerprint density at radius 1 is 1.00 bits per heavy atom. The minimum Gasteiger partial charge on any atom is -0.380 e. The van der Waals surface area contributed by atoms with Crippen molar-refractivity contribution < 1.29 is 18.3 Å². The summed E-state index contributed by atoms with van der Waals surface area (Å²) in [5, 5.41) is 9.98. The molecule has 0 aromatic heterocycles. The van der Waals surface area contributed by atoms with Crippen LogP contribution in [0.4, 0.5) is 0 Å². The normalized spacial score (nSPS) is 12.9. The number of Topliss-reactive ketones (excluding diaryl/α,β-unsaturated/α-hetero) is 1. The number of carbonyl (C=O) groups is 1. The quantitative estimate of drug-likeness (QED) is 0.696. The van der Waals surface area contributed by atoms with Gasteiger partial charge in [-0.2, -0.15) is 0 Å². The van der Waals surface area contributed by atoms with Gasteiger partial charge in [0.05, 0.1) is 4.90 Å². The topological polar surface area (TPSA) is 71.4 Å². The van der Waals surface area contributed by atoms with E-state index in [1.54, 1.807) is 30.3 Å². The van der Waals surface area contributed by atoms with Gasteiger partial charge in [-0.1, -0.05) is 30.3 Å². The van der Waals surface area contributed by atoms with Crippen LogP contribution in [0.3, 0.4) is 0 Å². The van der Waals surface area contributed by atoms with Gasteiger partial charge in [0.25, 0.3) is 9.05 Å². The minimum absolute atomic E-state index is 0.0927. The predicted molar refractivity (Wildman–Crippen MR) is 75.2 cm³/mol. The van der Waals surface area contributed by atoms with Gasteiger partial charge in [-0.15, -0.1) is 0 Å². The highest BCUT2D eigenvalue weighted by Crippen LogP contribution is 2.20. The van der Waals surface area contributed by atoms with Crippen LogP contribution in [0.2, 0.25) is 0 Å². The molecule has 1 N–H and O–H groups in total. The Morgan fingerprint density at radius 3 is 2.05 bits per heavy atom. The van der Waals surface area contributed by atoms with E-state index in [0.29, 0.717) is 5.56 Å². The lowest BCUT2D eigenvalue weighted by Gasteiger charge is -2.10. The number of rotatable bonds is 4. The maximum atomic E-state index is 12.1. The molecule has 0 fully saturated rings. The van der Waals surface area contributed by atoms with Crippen LogP contribution < -0.4 is 0 Å². The summed E-state index contributed by atoms with van der Waals surface area (Å²) in [6, 6.07) is 13.6. The molecule has 0 radical (unpaired) electrons. The van der Waals surface area contributed by atoms with Crippen molar-refractivity contribution in [3.63, 3.8) is 0 Å². The third-order valence-corrected chi connectivity index (χ3v) is 4.15. The standard InChI is InChI=1S/C14H11ClO4S/c15-20(18,19)12-8-6-11(7-9-12)14(17)13(16)10-4-2-1-3-5-10/h1-9,13,16H. The molecule has 0 heterocycles. The SMILES string of the molecule is O=C(c1ccc(S(=O)(=O)Cl)cc1)C(O)c1ccccc1. The molecule has 0 bridgehead atoms. The van der Waals surface area contributed by atoms with Gasteiger partial charge in [-0.05, 0) is 29.8 Å². The second-order valence-corrected chi connectivity index (χ2v) is 6.71. The largest absolute Gasteiger partial charge is 0.380 e. The number of benzene rings is 2. The fraction of sp³-hybridized carbons (Fsp3) is 0.0714. The van der Waals surface area contributed by atoms with Crippen molar-refractivity contribution >= 4 is 25.5 Å². The van der Waals surface area contributed by atoms with E-state index in [-0.39, 0.29) is 10.5 Å². The Balaban J connectivity index is 2.26. The van der Waals surface area contributed by atoms with E-state index in [1.807, 2.05) is 0 Å². The van der Waals surface area contributed by atoms with Crippen molar-refractivity contribution in [2.45, 2.75) is 11.0 Å². The number of hydrogen-bond donors (Lipinski definition) is 1. The molecule has 4 nitrogen and oxygen atoms in total. The smallest absolute Gasteiger partial charge is 0.261 e. The Hall–Kier alpha value is -1.69. The van der Waals surface area contributed by atoms with Crippen LogP contribution in [-0.2, 0) is 9.05 Å². The van der Waals surface area contributed by atoms with E-state index in [0.717, 1.165) is 0 Å². The second kappa shape index (κ2) is 5.75. The molecule has 0 amide bonds. The van der Waals surface area contributed by atoms with Gasteiger partial charge < -0.3 is 5.11 Å². The van der Waals surface area contributed by atoms with Gasteiger partial charge in [0.2, 0.25) is 0 Å². The fourth-order valence-electron chi connectivity index (χ4n) is 1.73. The Labute approximate surface area is 121 Å². The molecule has 1 atom stereocenters. The molecule has 2 rings (SSSR count). The second-order valence-electron chi connectivity index (χ2n) is 4.14. The molecule has 0 aliphatic carbocycles. The highest BCUT2D eigenvalue weighted by molar-refractivity contribution is 8.13. The van der Waals surface area contributed by atoms with Gasteiger partial charge in [-0.25, -0.2) is 8.42 Å². The molecule has 1 unspecified atom stereocenters. The molecular weight excluding hydrogens is 300 g/mol. The average molecular weight is 311 g/mol. The number of aliphatic hydroxyl groups is 1. The molecule has 0 aliphatic rings. The molecule has 6 heteroatoms. The first-order valence-corrected chi connectivity index (χ1v) is 8.02. The van der Waals surface area contributed by atoms with Crippen molar-refractivity contribution in [3.05, 3.63) is 65.7 Å². The number of carbonyl (C=O) groups excluding carboxylic acids is 1. The van der Waals surface area contributed by atoms with Crippen molar-refractivity contribution in [2.24, 2.45) is 0 Å². The maximum Gasteiger partial charge on any atom is 0.261 e. The lowest BCUT2D eigenvalue weighted by atomic mass is 10.0. The molecule has 104 valence electrons. The summed E-state index contributed by atoms with van der Waals surface area (Å²) in [7, 11) is 1.37. The zero-order valence-electron chi connectivity index (χ0n) is 10.2. The van der Waals surface area contributed by atoms with Crippen molar-refractivity contribution in [1.82, 2.24) is 0 Å². The van der Waals surface area contributed by atoms with Gasteiger partial charge in [0.15, 0.2) is 5.78 Å². The summed E-state index contributed by atoms with van der Waals surface area (Å²) >= 11 is 0. The van der Waals surface area contributed by atoms with E-state index >= 15 is 0 Å². The van der Waals surface area contributed by atoms with E-state index in [4.69, 9.17) is 10.7 Å². The zero-order chi connectivity index (χ0) is 14.8. The van der Waals surface area contributed by atoms with Crippen LogP contribution in [0.15, 0.2) is 59.5 Å². The number of halogens is 1. The van der Waals surface area contributed by atoms with E-state index in [1.165, 1.54) is 24.3 Å². The van der Waals surface area contributed by atoms with Crippen LogP contribution in [0.1, 0.15) is 22.0 Å². The van der Waals surface area contributed by atoms with Crippen LogP contribution in [0.25, 0.3) is 0 Å². The fourth-order valence-corrected chi connectivity index (χ4v) is 2.50. The molecule has 2 aromatic carbocycles. The predicted octanol–water partition coefficient (Wildman–Crippen LogP) is 2.53. The molecule has 0 saturated carbocycles. The number of aliphatic hydroxyl groups excluding tert-OH is 1. The Kier molecular flexibility index (Phi) is 4.23. The molecule has 0 saturated heterocycles. The zero-order valence-corrected chi connectivity index (χ0v) is 11.8. The molecule has 0 aliphatic heterocycles. The van der Waals surface area contributed by atoms with Gasteiger partial charge >= 0.3 is 0 Å². The lowest BCUT2D eigenvalue weighted by molar-refractivity contribution is 0.0747. The first-order valence-electron chi connectivity index (χ1n) is 5.71. The van der Waals surface area contributed by atoms with Crippen LogP contribution in [-0.4, -0.2) is 19.3 Å². The number of ketones is 1. The van der Waals surface area contributed by atoms with Crippen LogP contribution >= 0.6 is 10.7 Å².